The number of anilines is 1. The van der Waals surface area contributed by atoms with Crippen molar-refractivity contribution in [2.45, 2.75) is 6.92 Å². The molecule has 2 aromatic carbocycles. The molecule has 0 aliphatic heterocycles. The third-order valence-electron chi connectivity index (χ3n) is 2.81. The number of hydrogen-bond donors (Lipinski definition) is 2. The SMILES string of the molecule is COc1ccc(C)cc1C(=O)Nc1ccc(O)c(Cl)c1. The van der Waals surface area contributed by atoms with Gasteiger partial charge in [-0.15, -0.1) is 0 Å². The smallest absolute Gasteiger partial charge is 0.259 e. The first-order chi connectivity index (χ1) is 9.51. The fraction of sp³-hybridized carbons (Fsp3) is 0.133. The molecule has 0 unspecified atom stereocenters. The highest BCUT2D eigenvalue weighted by Gasteiger charge is 2.13. The van der Waals surface area contributed by atoms with Gasteiger partial charge in [-0.2, -0.15) is 0 Å². The third kappa shape index (κ3) is 3.03. The number of nitrogens with one attached hydrogen (secondary N) is 1. The monoisotopic (exact) mass is 291 g/mol. The second kappa shape index (κ2) is 5.84. The Morgan fingerprint density at radius 2 is 2.00 bits per heavy atom. The standard InChI is InChI=1S/C15H14ClNO3/c1-9-3-6-14(20-2)11(7-9)15(19)17-10-4-5-13(18)12(16)8-10/h3-8,18H,1-2H3,(H,17,19). The zero-order valence-electron chi connectivity index (χ0n) is 11.1. The van der Waals surface area contributed by atoms with Crippen LogP contribution in [0.25, 0.3) is 0 Å². The number of halogens is 1. The second-order valence-electron chi connectivity index (χ2n) is 4.32. The van der Waals surface area contributed by atoms with Crippen molar-refractivity contribution in [1.82, 2.24) is 0 Å². The molecule has 104 valence electrons. The van der Waals surface area contributed by atoms with Crippen molar-refractivity contribution < 1.29 is 14.6 Å². The second-order valence-corrected chi connectivity index (χ2v) is 4.73. The number of benzene rings is 2. The molecule has 4 nitrogen and oxygen atoms in total. The lowest BCUT2D eigenvalue weighted by Crippen LogP contribution is -2.13. The molecule has 0 aromatic heterocycles. The molecule has 20 heavy (non-hydrogen) atoms. The number of carbonyl (C=O) groups excluding carboxylic acids is 1. The summed E-state index contributed by atoms with van der Waals surface area (Å²) in [5, 5.41) is 12.2. The molecular weight excluding hydrogens is 278 g/mol. The summed E-state index contributed by atoms with van der Waals surface area (Å²) < 4.78 is 5.18. The van der Waals surface area contributed by atoms with Crippen molar-refractivity contribution in [3.63, 3.8) is 0 Å². The van der Waals surface area contributed by atoms with Gasteiger partial charge >= 0.3 is 0 Å². The van der Waals surface area contributed by atoms with Gasteiger partial charge in [0, 0.05) is 5.69 Å². The van der Waals surface area contributed by atoms with Crippen LogP contribution in [0.5, 0.6) is 11.5 Å². The van der Waals surface area contributed by atoms with E-state index in [1.807, 2.05) is 13.0 Å². The van der Waals surface area contributed by atoms with Gasteiger partial charge in [0.2, 0.25) is 0 Å². The fourth-order valence-corrected chi connectivity index (χ4v) is 1.96. The van der Waals surface area contributed by atoms with Crippen molar-refractivity contribution in [3.05, 3.63) is 52.5 Å². The van der Waals surface area contributed by atoms with Gasteiger partial charge in [0.25, 0.3) is 5.91 Å². The summed E-state index contributed by atoms with van der Waals surface area (Å²) in [6, 6.07) is 9.83. The number of amides is 1. The van der Waals surface area contributed by atoms with Gasteiger partial charge in [-0.1, -0.05) is 23.2 Å². The maximum Gasteiger partial charge on any atom is 0.259 e. The number of rotatable bonds is 3. The van der Waals surface area contributed by atoms with E-state index in [1.54, 1.807) is 18.2 Å². The summed E-state index contributed by atoms with van der Waals surface area (Å²) in [7, 11) is 1.51. The molecule has 0 saturated heterocycles. The minimum atomic E-state index is -0.299. The lowest BCUT2D eigenvalue weighted by Gasteiger charge is -2.10. The Labute approximate surface area is 122 Å². The van der Waals surface area contributed by atoms with Gasteiger partial charge in [0.05, 0.1) is 17.7 Å². The predicted molar refractivity (Wildman–Crippen MR) is 78.8 cm³/mol. The van der Waals surface area contributed by atoms with E-state index in [0.717, 1.165) is 5.56 Å². The summed E-state index contributed by atoms with van der Waals surface area (Å²) in [6.07, 6.45) is 0. The first-order valence-electron chi connectivity index (χ1n) is 5.96. The number of ether oxygens (including phenoxy) is 1. The lowest BCUT2D eigenvalue weighted by atomic mass is 10.1. The Morgan fingerprint density at radius 3 is 2.65 bits per heavy atom. The molecule has 0 fully saturated rings. The Morgan fingerprint density at radius 1 is 1.25 bits per heavy atom. The molecule has 1 amide bonds. The van der Waals surface area contributed by atoms with Gasteiger partial charge < -0.3 is 15.2 Å². The molecule has 5 heteroatoms. The summed E-state index contributed by atoms with van der Waals surface area (Å²) in [4.78, 5) is 12.2. The molecule has 0 bridgehead atoms. The van der Waals surface area contributed by atoms with E-state index in [-0.39, 0.29) is 16.7 Å². The molecule has 0 atom stereocenters. The highest BCUT2D eigenvalue weighted by atomic mass is 35.5. The minimum absolute atomic E-state index is 0.0298. The van der Waals surface area contributed by atoms with Gasteiger partial charge in [-0.3, -0.25) is 4.79 Å². The van der Waals surface area contributed by atoms with Crippen molar-refractivity contribution in [1.29, 1.82) is 0 Å². The number of hydrogen-bond acceptors (Lipinski definition) is 3. The van der Waals surface area contributed by atoms with Crippen LogP contribution in [-0.4, -0.2) is 18.1 Å². The van der Waals surface area contributed by atoms with Gasteiger partial charge in [0.15, 0.2) is 0 Å². The van der Waals surface area contributed by atoms with Crippen LogP contribution in [0.1, 0.15) is 15.9 Å². The average molecular weight is 292 g/mol. The Balaban J connectivity index is 2.27. The summed E-state index contributed by atoms with van der Waals surface area (Å²) in [6.45, 7) is 1.90. The topological polar surface area (TPSA) is 58.6 Å². The highest BCUT2D eigenvalue weighted by Crippen LogP contribution is 2.27. The summed E-state index contributed by atoms with van der Waals surface area (Å²) in [5.41, 5.74) is 1.90. The maximum atomic E-state index is 12.2. The van der Waals surface area contributed by atoms with Crippen LogP contribution >= 0.6 is 11.6 Å². The third-order valence-corrected chi connectivity index (χ3v) is 3.11. The normalized spacial score (nSPS) is 10.2. The largest absolute Gasteiger partial charge is 0.506 e. The Hall–Kier alpha value is -2.20. The number of phenolic OH excluding ortho intramolecular Hbond substituents is 1. The average Bonchev–Trinajstić information content (AvgIpc) is 2.43. The van der Waals surface area contributed by atoms with E-state index < -0.39 is 0 Å². The van der Waals surface area contributed by atoms with Crippen molar-refractivity contribution in [2.24, 2.45) is 0 Å². The van der Waals surface area contributed by atoms with Crippen LogP contribution < -0.4 is 10.1 Å². The van der Waals surface area contributed by atoms with E-state index in [0.29, 0.717) is 17.0 Å². The van der Waals surface area contributed by atoms with Gasteiger partial charge in [-0.05, 0) is 37.3 Å². The van der Waals surface area contributed by atoms with Crippen molar-refractivity contribution in [2.75, 3.05) is 12.4 Å². The number of aromatic hydroxyl groups is 1. The van der Waals surface area contributed by atoms with Crippen LogP contribution in [0, 0.1) is 6.92 Å². The summed E-state index contributed by atoms with van der Waals surface area (Å²) in [5.74, 6) is 0.170. The number of carbonyl (C=O) groups is 1. The van der Waals surface area contributed by atoms with Gasteiger partial charge in [-0.25, -0.2) is 0 Å². The number of aryl methyl sites for hydroxylation is 1. The van der Waals surface area contributed by atoms with Gasteiger partial charge in [0.1, 0.15) is 11.5 Å². The highest BCUT2D eigenvalue weighted by molar-refractivity contribution is 6.32. The Kier molecular flexibility index (Phi) is 4.15. The molecule has 0 saturated carbocycles. The molecule has 0 radical (unpaired) electrons. The molecule has 2 rings (SSSR count). The van der Waals surface area contributed by atoms with Crippen LogP contribution in [0.3, 0.4) is 0 Å². The fourth-order valence-electron chi connectivity index (χ4n) is 1.78. The van der Waals surface area contributed by atoms with E-state index in [2.05, 4.69) is 5.32 Å². The number of phenols is 1. The first kappa shape index (κ1) is 14.2. The first-order valence-corrected chi connectivity index (χ1v) is 6.33. The molecule has 2 aromatic rings. The summed E-state index contributed by atoms with van der Waals surface area (Å²) >= 11 is 5.80. The number of methoxy groups -OCH3 is 1. The van der Waals surface area contributed by atoms with Crippen molar-refractivity contribution >= 4 is 23.2 Å². The predicted octanol–water partition coefficient (Wildman–Crippen LogP) is 3.61. The van der Waals surface area contributed by atoms with Crippen molar-refractivity contribution in [3.8, 4) is 11.5 Å². The lowest BCUT2D eigenvalue weighted by molar-refractivity contribution is 0.102. The quantitative estimate of drug-likeness (QED) is 0.849. The molecule has 0 aliphatic carbocycles. The van der Waals surface area contributed by atoms with E-state index in [9.17, 15) is 9.90 Å². The molecule has 0 heterocycles. The van der Waals surface area contributed by atoms with E-state index >= 15 is 0 Å². The molecule has 2 N–H and O–H groups in total. The molecule has 0 aliphatic rings. The van der Waals surface area contributed by atoms with Crippen LogP contribution in [0.15, 0.2) is 36.4 Å². The zero-order chi connectivity index (χ0) is 14.7. The molecular formula is C15H14ClNO3. The van der Waals surface area contributed by atoms with E-state index in [4.69, 9.17) is 16.3 Å². The van der Waals surface area contributed by atoms with Crippen LogP contribution in [0.2, 0.25) is 5.02 Å². The van der Waals surface area contributed by atoms with E-state index in [1.165, 1.54) is 19.2 Å². The minimum Gasteiger partial charge on any atom is -0.506 e. The Bertz CT molecular complexity index is 656. The van der Waals surface area contributed by atoms with Crippen LogP contribution in [-0.2, 0) is 0 Å². The molecule has 0 spiro atoms. The maximum absolute atomic E-state index is 12.2. The zero-order valence-corrected chi connectivity index (χ0v) is 11.9. The van der Waals surface area contributed by atoms with Crippen LogP contribution in [0.4, 0.5) is 5.69 Å².